The zero-order valence-corrected chi connectivity index (χ0v) is 10.7. The normalized spacial score (nSPS) is 13.9. The Morgan fingerprint density at radius 2 is 1.88 bits per heavy atom. The molecule has 0 bridgehead atoms. The highest BCUT2D eigenvalue weighted by Crippen LogP contribution is 2.09. The van der Waals surface area contributed by atoms with Crippen LogP contribution in [-0.4, -0.2) is 5.84 Å². The van der Waals surface area contributed by atoms with Crippen LogP contribution in [0.5, 0.6) is 0 Å². The maximum absolute atomic E-state index is 4.09. The average molecular weight is 218 g/mol. The second-order valence-corrected chi connectivity index (χ2v) is 3.92. The molecule has 0 saturated heterocycles. The predicted molar refractivity (Wildman–Crippen MR) is 73.3 cm³/mol. The number of nitrogens with zero attached hydrogens (tertiary/aromatic N) is 1. The van der Waals surface area contributed by atoms with Crippen LogP contribution in [0.4, 0.5) is 0 Å². The minimum absolute atomic E-state index is 0.420. The third kappa shape index (κ3) is 6.02. The van der Waals surface area contributed by atoms with Crippen LogP contribution < -0.4 is 5.32 Å². The fourth-order valence-electron chi connectivity index (χ4n) is 1.20. The van der Waals surface area contributed by atoms with E-state index in [-0.39, 0.29) is 0 Å². The van der Waals surface area contributed by atoms with E-state index in [1.54, 1.807) is 6.08 Å². The summed E-state index contributed by atoms with van der Waals surface area (Å²) in [5.41, 5.74) is 2.30. The molecule has 2 nitrogen and oxygen atoms in total. The molecule has 0 amide bonds. The highest BCUT2D eigenvalue weighted by Gasteiger charge is 2.03. The number of hydrogen-bond acceptors (Lipinski definition) is 1. The van der Waals surface area contributed by atoms with Crippen LogP contribution in [0, 0.1) is 5.92 Å². The van der Waals surface area contributed by atoms with Gasteiger partial charge in [0.25, 0.3) is 0 Å². The van der Waals surface area contributed by atoms with E-state index < -0.39 is 0 Å². The predicted octanol–water partition coefficient (Wildman–Crippen LogP) is 3.81. The molecule has 0 fully saturated rings. The summed E-state index contributed by atoms with van der Waals surface area (Å²) in [5, 5.41) is 3.27. The Morgan fingerprint density at radius 3 is 2.31 bits per heavy atom. The second kappa shape index (κ2) is 7.69. The molecule has 88 valence electrons. The van der Waals surface area contributed by atoms with Gasteiger partial charge in [0.1, 0.15) is 5.84 Å². The summed E-state index contributed by atoms with van der Waals surface area (Å²) in [7, 11) is 0. The lowest BCUT2D eigenvalue weighted by Crippen LogP contribution is -2.22. The van der Waals surface area contributed by atoms with Crippen molar-refractivity contribution in [1.29, 1.82) is 0 Å². The van der Waals surface area contributed by atoms with Crippen LogP contribution in [-0.2, 0) is 0 Å². The molecule has 0 heterocycles. The molecule has 16 heavy (non-hydrogen) atoms. The average Bonchev–Trinajstić information content (AvgIpc) is 2.17. The number of hydrogen-bond donors (Lipinski definition) is 1. The van der Waals surface area contributed by atoms with Gasteiger partial charge >= 0.3 is 0 Å². The third-order valence-corrected chi connectivity index (χ3v) is 2.00. The molecule has 0 unspecified atom stereocenters. The van der Waals surface area contributed by atoms with Gasteiger partial charge in [0, 0.05) is 11.9 Å². The second-order valence-electron chi connectivity index (χ2n) is 3.92. The van der Waals surface area contributed by atoms with Gasteiger partial charge in [0.2, 0.25) is 0 Å². The maximum atomic E-state index is 4.09. The molecular formula is C14H22N2. The van der Waals surface area contributed by atoms with E-state index in [1.807, 2.05) is 19.9 Å². The lowest BCUT2D eigenvalue weighted by Gasteiger charge is -2.14. The number of allylic oxidation sites excluding steroid dienone is 5. The number of nitrogens with one attached hydrogen (secondary N) is 1. The summed E-state index contributed by atoms with van der Waals surface area (Å²) >= 11 is 0. The first-order valence-electron chi connectivity index (χ1n) is 5.44. The topological polar surface area (TPSA) is 24.4 Å². The van der Waals surface area contributed by atoms with E-state index in [0.717, 1.165) is 17.1 Å². The zero-order chi connectivity index (χ0) is 12.6. The highest BCUT2D eigenvalue weighted by atomic mass is 15.0. The molecule has 0 spiro atoms. The van der Waals surface area contributed by atoms with Crippen molar-refractivity contribution in [3.8, 4) is 0 Å². The van der Waals surface area contributed by atoms with Crippen LogP contribution in [0.25, 0.3) is 0 Å². The van der Waals surface area contributed by atoms with Crippen molar-refractivity contribution < 1.29 is 0 Å². The van der Waals surface area contributed by atoms with E-state index in [1.165, 1.54) is 6.20 Å². The summed E-state index contributed by atoms with van der Waals surface area (Å²) in [5.74, 6) is 1.27. The summed E-state index contributed by atoms with van der Waals surface area (Å²) in [6, 6.07) is 0. The van der Waals surface area contributed by atoms with E-state index >= 15 is 0 Å². The smallest absolute Gasteiger partial charge is 0.102 e. The van der Waals surface area contributed by atoms with E-state index in [4.69, 9.17) is 0 Å². The first-order chi connectivity index (χ1) is 7.51. The largest absolute Gasteiger partial charge is 0.347 e. The minimum Gasteiger partial charge on any atom is -0.347 e. The first kappa shape index (κ1) is 14.4. The quantitative estimate of drug-likeness (QED) is 0.423. The van der Waals surface area contributed by atoms with Crippen molar-refractivity contribution in [2.24, 2.45) is 10.9 Å². The van der Waals surface area contributed by atoms with Crippen molar-refractivity contribution in [2.45, 2.75) is 27.7 Å². The Balaban J connectivity index is 4.88. The minimum atomic E-state index is 0.420. The molecule has 0 aliphatic heterocycles. The van der Waals surface area contributed by atoms with Gasteiger partial charge in [-0.15, -0.1) is 0 Å². The van der Waals surface area contributed by atoms with E-state index in [2.05, 4.69) is 43.4 Å². The molecule has 0 aromatic rings. The number of rotatable bonds is 5. The van der Waals surface area contributed by atoms with Crippen molar-refractivity contribution in [2.75, 3.05) is 0 Å². The maximum Gasteiger partial charge on any atom is 0.102 e. The fourth-order valence-corrected chi connectivity index (χ4v) is 1.20. The van der Waals surface area contributed by atoms with Gasteiger partial charge in [-0.25, -0.2) is 4.99 Å². The summed E-state index contributed by atoms with van der Waals surface area (Å²) < 4.78 is 0. The molecule has 0 aromatic carbocycles. The van der Waals surface area contributed by atoms with Gasteiger partial charge in [-0.05, 0) is 31.4 Å². The molecule has 2 heteroatoms. The van der Waals surface area contributed by atoms with Crippen LogP contribution in [0.3, 0.4) is 0 Å². The molecule has 0 aliphatic carbocycles. The highest BCUT2D eigenvalue weighted by molar-refractivity contribution is 5.81. The standard InChI is InChI=1S/C14H22N2/c1-7-9-12(5)10-14(11(3)4)16-13(6)15-8-2/h7-11H,1-2H2,3-6H3,(H,15,16)/b12-9+,14-10-. The third-order valence-electron chi connectivity index (χ3n) is 2.00. The molecule has 0 saturated carbocycles. The monoisotopic (exact) mass is 218 g/mol. The van der Waals surface area contributed by atoms with Gasteiger partial charge in [-0.1, -0.05) is 39.2 Å². The van der Waals surface area contributed by atoms with Crippen molar-refractivity contribution in [3.05, 3.63) is 48.9 Å². The lowest BCUT2D eigenvalue weighted by atomic mass is 10.1. The molecule has 0 radical (unpaired) electrons. The van der Waals surface area contributed by atoms with Crippen LogP contribution in [0.15, 0.2) is 53.8 Å². The van der Waals surface area contributed by atoms with Crippen LogP contribution in [0.1, 0.15) is 27.7 Å². The molecular weight excluding hydrogens is 196 g/mol. The first-order valence-corrected chi connectivity index (χ1v) is 5.44. The fraction of sp³-hybridized carbons (Fsp3) is 0.357. The van der Waals surface area contributed by atoms with Crippen molar-refractivity contribution in [1.82, 2.24) is 5.32 Å². The Labute approximate surface area is 99.2 Å². The van der Waals surface area contributed by atoms with Crippen molar-refractivity contribution in [3.63, 3.8) is 0 Å². The molecule has 0 rings (SSSR count). The Hall–Kier alpha value is -1.57. The molecule has 0 aromatic heterocycles. The Kier molecular flexibility index (Phi) is 6.93. The van der Waals surface area contributed by atoms with Crippen molar-refractivity contribution >= 4 is 5.84 Å². The van der Waals surface area contributed by atoms with Crippen LogP contribution in [0.2, 0.25) is 0 Å². The summed E-state index contributed by atoms with van der Waals surface area (Å²) in [6.07, 6.45) is 7.40. The van der Waals surface area contributed by atoms with Gasteiger partial charge in [0.15, 0.2) is 0 Å². The van der Waals surface area contributed by atoms with Gasteiger partial charge in [-0.2, -0.15) is 0 Å². The Morgan fingerprint density at radius 1 is 1.25 bits per heavy atom. The Bertz CT molecular complexity index is 331. The van der Waals surface area contributed by atoms with E-state index in [9.17, 15) is 0 Å². The SMILES string of the molecule is C=C/C=C(C)/C=C(\NC(C)=NC=C)C(C)C. The molecule has 0 aliphatic rings. The van der Waals surface area contributed by atoms with Crippen LogP contribution >= 0.6 is 0 Å². The van der Waals surface area contributed by atoms with E-state index in [0.29, 0.717) is 5.92 Å². The zero-order valence-electron chi connectivity index (χ0n) is 10.7. The van der Waals surface area contributed by atoms with Gasteiger partial charge < -0.3 is 5.32 Å². The lowest BCUT2D eigenvalue weighted by molar-refractivity contribution is 0.724. The summed E-state index contributed by atoms with van der Waals surface area (Å²) in [4.78, 5) is 4.09. The van der Waals surface area contributed by atoms with Gasteiger partial charge in [0.05, 0.1) is 0 Å². The number of amidine groups is 1. The molecule has 0 atom stereocenters. The summed E-state index contributed by atoms with van der Waals surface area (Å²) in [6.45, 7) is 15.5. The van der Waals surface area contributed by atoms with Gasteiger partial charge in [-0.3, -0.25) is 0 Å². The molecule has 1 N–H and O–H groups in total. The number of aliphatic imine (C=N–C) groups is 1.